The van der Waals surface area contributed by atoms with Crippen molar-refractivity contribution in [2.45, 2.75) is 72.6 Å². The van der Waals surface area contributed by atoms with E-state index in [4.69, 9.17) is 21.7 Å². The lowest BCUT2D eigenvalue weighted by atomic mass is 10.0. The summed E-state index contributed by atoms with van der Waals surface area (Å²) in [5.41, 5.74) is 10.3. The van der Waals surface area contributed by atoms with Crippen LogP contribution in [0, 0.1) is 11.8 Å². The van der Waals surface area contributed by atoms with E-state index in [1.54, 1.807) is 0 Å². The second kappa shape index (κ2) is 24.8. The van der Waals surface area contributed by atoms with Gasteiger partial charge in [-0.3, -0.25) is 0 Å². The smallest absolute Gasteiger partial charge is 0.0443 e. The summed E-state index contributed by atoms with van der Waals surface area (Å²) in [6, 6.07) is 0. The number of hydrogen-bond donors (Lipinski definition) is 4. The minimum Gasteiger partial charge on any atom is -0.396 e. The van der Waals surface area contributed by atoms with Crippen molar-refractivity contribution in [3.05, 3.63) is 0 Å². The summed E-state index contributed by atoms with van der Waals surface area (Å²) in [6.07, 6.45) is 7.88. The Kier molecular flexibility index (Phi) is 30.5. The number of aliphatic hydroxyl groups is 2. The first-order chi connectivity index (χ1) is 9.99. The molecule has 0 spiro atoms. The minimum atomic E-state index is 0.219. The third-order valence-corrected chi connectivity index (χ3v) is 3.15. The Morgan fingerprint density at radius 3 is 1.52 bits per heavy atom. The maximum Gasteiger partial charge on any atom is 0.0443 e. The first-order valence-corrected chi connectivity index (χ1v) is 8.61. The lowest BCUT2D eigenvalue weighted by molar-refractivity contribution is 0.278. The van der Waals surface area contributed by atoms with Crippen molar-refractivity contribution >= 4 is 0 Å². The van der Waals surface area contributed by atoms with Crippen molar-refractivity contribution < 1.29 is 10.2 Å². The molecule has 1 atom stereocenters. The standard InChI is InChI=1S/C8H18O.C6H15N.C3H9NO/c1-3-8(2)6-4-5-7-9;1-6(2)4-3-5-7;4-2-1-3-5/h8-9H,3-7H2,1-2H3;6H,3-5,7H2,1-2H3;5H,1-4H2. The van der Waals surface area contributed by atoms with Crippen molar-refractivity contribution in [3.63, 3.8) is 0 Å². The van der Waals surface area contributed by atoms with E-state index in [-0.39, 0.29) is 6.61 Å². The molecule has 0 aromatic carbocycles. The van der Waals surface area contributed by atoms with Gasteiger partial charge in [-0.1, -0.05) is 47.0 Å². The van der Waals surface area contributed by atoms with Crippen molar-refractivity contribution in [1.29, 1.82) is 0 Å². The Bertz CT molecular complexity index is 154. The molecule has 4 heteroatoms. The van der Waals surface area contributed by atoms with Crippen molar-refractivity contribution in [3.8, 4) is 0 Å². The van der Waals surface area contributed by atoms with Crippen molar-refractivity contribution in [1.82, 2.24) is 0 Å². The predicted molar refractivity (Wildman–Crippen MR) is 94.3 cm³/mol. The zero-order valence-electron chi connectivity index (χ0n) is 15.0. The van der Waals surface area contributed by atoms with Crippen LogP contribution in [-0.4, -0.2) is 36.5 Å². The Balaban J connectivity index is -0.000000242. The van der Waals surface area contributed by atoms with Gasteiger partial charge in [-0.25, -0.2) is 0 Å². The molecule has 21 heavy (non-hydrogen) atoms. The van der Waals surface area contributed by atoms with Crippen LogP contribution in [0.15, 0.2) is 0 Å². The van der Waals surface area contributed by atoms with Gasteiger partial charge < -0.3 is 21.7 Å². The average Bonchev–Trinajstić information content (AvgIpc) is 2.47. The maximum absolute atomic E-state index is 8.45. The van der Waals surface area contributed by atoms with E-state index in [9.17, 15) is 0 Å². The molecule has 0 rings (SSSR count). The minimum absolute atomic E-state index is 0.219. The predicted octanol–water partition coefficient (Wildman–Crippen LogP) is 2.90. The van der Waals surface area contributed by atoms with Crippen LogP contribution in [0.25, 0.3) is 0 Å². The number of hydrogen-bond acceptors (Lipinski definition) is 4. The summed E-state index contributed by atoms with van der Waals surface area (Å²) in [4.78, 5) is 0. The highest BCUT2D eigenvalue weighted by Crippen LogP contribution is 2.10. The van der Waals surface area contributed by atoms with E-state index >= 15 is 0 Å². The molecule has 4 nitrogen and oxygen atoms in total. The summed E-state index contributed by atoms with van der Waals surface area (Å²) in [7, 11) is 0. The summed E-state index contributed by atoms with van der Waals surface area (Å²) >= 11 is 0. The number of rotatable bonds is 10. The Hall–Kier alpha value is -0.160. The fourth-order valence-electron chi connectivity index (χ4n) is 1.43. The van der Waals surface area contributed by atoms with E-state index in [1.807, 2.05) is 0 Å². The van der Waals surface area contributed by atoms with Gasteiger partial charge in [0, 0.05) is 13.2 Å². The number of aliphatic hydroxyl groups excluding tert-OH is 2. The molecule has 0 heterocycles. The van der Waals surface area contributed by atoms with Gasteiger partial charge in [0.25, 0.3) is 0 Å². The zero-order chi connectivity index (χ0) is 16.9. The van der Waals surface area contributed by atoms with E-state index < -0.39 is 0 Å². The molecule has 0 radical (unpaired) electrons. The lowest BCUT2D eigenvalue weighted by Gasteiger charge is -2.05. The van der Waals surface area contributed by atoms with Gasteiger partial charge in [-0.05, 0) is 50.6 Å². The fourth-order valence-corrected chi connectivity index (χ4v) is 1.43. The normalized spacial score (nSPS) is 11.3. The first-order valence-electron chi connectivity index (χ1n) is 8.61. The summed E-state index contributed by atoms with van der Waals surface area (Å²) in [5.74, 6) is 1.67. The molecule has 0 bridgehead atoms. The second-order valence-corrected chi connectivity index (χ2v) is 5.92. The van der Waals surface area contributed by atoms with E-state index in [0.717, 1.165) is 31.2 Å². The lowest BCUT2D eigenvalue weighted by Crippen LogP contribution is -1.99. The average molecular weight is 307 g/mol. The van der Waals surface area contributed by atoms with Crippen LogP contribution in [0.5, 0.6) is 0 Å². The molecule has 1 unspecified atom stereocenters. The molecule has 0 saturated carbocycles. The highest BCUT2D eigenvalue weighted by molar-refractivity contribution is 4.49. The van der Waals surface area contributed by atoms with Crippen LogP contribution >= 0.6 is 0 Å². The van der Waals surface area contributed by atoms with Crippen LogP contribution < -0.4 is 11.5 Å². The SMILES string of the molecule is CC(C)CCCN.CCC(C)CCCCO.NCCCO. The fraction of sp³-hybridized carbons (Fsp3) is 1.00. The second-order valence-electron chi connectivity index (χ2n) is 5.92. The molecule has 0 aromatic heterocycles. The Labute approximate surface area is 133 Å². The molecular formula is C17H42N2O2. The van der Waals surface area contributed by atoms with Crippen LogP contribution in [0.3, 0.4) is 0 Å². The molecule has 0 saturated heterocycles. The van der Waals surface area contributed by atoms with Gasteiger partial charge in [-0.2, -0.15) is 0 Å². The van der Waals surface area contributed by atoms with Gasteiger partial charge in [0.1, 0.15) is 0 Å². The van der Waals surface area contributed by atoms with Gasteiger partial charge in [0.15, 0.2) is 0 Å². The highest BCUT2D eigenvalue weighted by atomic mass is 16.3. The van der Waals surface area contributed by atoms with Crippen LogP contribution in [-0.2, 0) is 0 Å². The Morgan fingerprint density at radius 1 is 0.762 bits per heavy atom. The molecule has 132 valence electrons. The molecule has 0 fully saturated rings. The highest BCUT2D eigenvalue weighted by Gasteiger charge is 1.96. The molecule has 0 aliphatic rings. The van der Waals surface area contributed by atoms with Crippen LogP contribution in [0.2, 0.25) is 0 Å². The monoisotopic (exact) mass is 306 g/mol. The quantitative estimate of drug-likeness (QED) is 0.467. The van der Waals surface area contributed by atoms with Crippen LogP contribution in [0.1, 0.15) is 72.6 Å². The third-order valence-electron chi connectivity index (χ3n) is 3.15. The molecule has 0 aliphatic carbocycles. The summed E-state index contributed by atoms with van der Waals surface area (Å²) in [6.45, 7) is 10.9. The number of unbranched alkanes of at least 4 members (excludes halogenated alkanes) is 1. The summed E-state index contributed by atoms with van der Waals surface area (Å²) < 4.78 is 0. The van der Waals surface area contributed by atoms with Gasteiger partial charge in [-0.15, -0.1) is 0 Å². The Morgan fingerprint density at radius 2 is 1.29 bits per heavy atom. The molecule has 0 amide bonds. The molecule has 0 aromatic rings. The van der Waals surface area contributed by atoms with Gasteiger partial charge in [0.05, 0.1) is 0 Å². The third kappa shape index (κ3) is 38.3. The van der Waals surface area contributed by atoms with Crippen LogP contribution in [0.4, 0.5) is 0 Å². The molecule has 6 N–H and O–H groups in total. The first kappa shape index (κ1) is 25.8. The maximum atomic E-state index is 8.45. The molecular weight excluding hydrogens is 264 g/mol. The largest absolute Gasteiger partial charge is 0.396 e. The van der Waals surface area contributed by atoms with E-state index in [2.05, 4.69) is 27.7 Å². The van der Waals surface area contributed by atoms with Gasteiger partial charge >= 0.3 is 0 Å². The van der Waals surface area contributed by atoms with E-state index in [1.165, 1.54) is 32.1 Å². The van der Waals surface area contributed by atoms with Crippen molar-refractivity contribution in [2.75, 3.05) is 26.3 Å². The number of nitrogens with two attached hydrogens (primary N) is 2. The summed E-state index contributed by atoms with van der Waals surface area (Å²) in [5, 5.41) is 16.4. The molecule has 0 aliphatic heterocycles. The zero-order valence-corrected chi connectivity index (χ0v) is 15.0. The van der Waals surface area contributed by atoms with Gasteiger partial charge in [0.2, 0.25) is 0 Å². The van der Waals surface area contributed by atoms with E-state index in [0.29, 0.717) is 13.2 Å². The topological polar surface area (TPSA) is 92.5 Å². The van der Waals surface area contributed by atoms with Crippen molar-refractivity contribution in [2.24, 2.45) is 23.3 Å².